The Morgan fingerprint density at radius 2 is 1.85 bits per heavy atom. The van der Waals surface area contributed by atoms with Crippen molar-refractivity contribution in [1.82, 2.24) is 4.31 Å². The highest BCUT2D eigenvalue weighted by molar-refractivity contribution is 9.10. The monoisotopic (exact) mass is 454 g/mol. The summed E-state index contributed by atoms with van der Waals surface area (Å²) in [5.41, 5.74) is 1.17. The standard InChI is InChI=1S/C18H19BrN2O5S/c1-12-7-8-15(10-16(12)27(24,25)21(2)3)20-17(22)11-26-18(23)13-5-4-6-14(19)9-13/h4-10H,11H2,1-3H3,(H,20,22). The lowest BCUT2D eigenvalue weighted by Crippen LogP contribution is -2.24. The average Bonchev–Trinajstić information content (AvgIpc) is 2.61. The molecule has 0 aliphatic carbocycles. The fraction of sp³-hybridized carbons (Fsp3) is 0.222. The van der Waals surface area contributed by atoms with Gasteiger partial charge in [-0.05, 0) is 42.8 Å². The number of rotatable bonds is 6. The maximum Gasteiger partial charge on any atom is 0.338 e. The molecule has 9 heteroatoms. The van der Waals surface area contributed by atoms with Gasteiger partial charge in [0, 0.05) is 24.3 Å². The average molecular weight is 455 g/mol. The van der Waals surface area contributed by atoms with Crippen LogP contribution in [0.4, 0.5) is 5.69 Å². The molecule has 0 unspecified atom stereocenters. The molecule has 0 saturated carbocycles. The summed E-state index contributed by atoms with van der Waals surface area (Å²) in [4.78, 5) is 24.1. The van der Waals surface area contributed by atoms with E-state index < -0.39 is 28.5 Å². The highest BCUT2D eigenvalue weighted by Gasteiger charge is 2.20. The van der Waals surface area contributed by atoms with Crippen LogP contribution in [0.2, 0.25) is 0 Å². The van der Waals surface area contributed by atoms with Gasteiger partial charge in [0.15, 0.2) is 6.61 Å². The Hall–Kier alpha value is -2.23. The normalized spacial score (nSPS) is 11.3. The van der Waals surface area contributed by atoms with Gasteiger partial charge in [-0.2, -0.15) is 0 Å². The second-order valence-corrected chi connectivity index (χ2v) is 8.94. The van der Waals surface area contributed by atoms with Crippen LogP contribution < -0.4 is 5.32 Å². The van der Waals surface area contributed by atoms with Gasteiger partial charge in [-0.1, -0.05) is 28.1 Å². The minimum Gasteiger partial charge on any atom is -0.452 e. The summed E-state index contributed by atoms with van der Waals surface area (Å²) in [7, 11) is -0.776. The molecule has 0 aromatic heterocycles. The van der Waals surface area contributed by atoms with E-state index in [1.807, 2.05) is 0 Å². The number of nitrogens with zero attached hydrogens (tertiary/aromatic N) is 1. The van der Waals surface area contributed by atoms with Gasteiger partial charge >= 0.3 is 5.97 Å². The van der Waals surface area contributed by atoms with Crippen LogP contribution in [-0.2, 0) is 19.6 Å². The third-order valence-corrected chi connectivity index (χ3v) is 6.08. The van der Waals surface area contributed by atoms with E-state index in [1.54, 1.807) is 43.3 Å². The van der Waals surface area contributed by atoms with Crippen LogP contribution in [0.1, 0.15) is 15.9 Å². The second kappa shape index (κ2) is 8.64. The van der Waals surface area contributed by atoms with Crippen molar-refractivity contribution in [3.8, 4) is 0 Å². The summed E-state index contributed by atoms with van der Waals surface area (Å²) in [6, 6.07) is 11.2. The number of sulfonamides is 1. The van der Waals surface area contributed by atoms with Crippen molar-refractivity contribution in [3.63, 3.8) is 0 Å². The zero-order valence-electron chi connectivity index (χ0n) is 15.0. The van der Waals surface area contributed by atoms with Crippen LogP contribution in [-0.4, -0.2) is 45.3 Å². The number of carbonyl (C=O) groups is 2. The molecule has 0 aliphatic heterocycles. The molecule has 144 valence electrons. The molecule has 1 N–H and O–H groups in total. The molecule has 7 nitrogen and oxygen atoms in total. The molecule has 27 heavy (non-hydrogen) atoms. The molecule has 1 amide bonds. The minimum absolute atomic E-state index is 0.0939. The van der Waals surface area contributed by atoms with E-state index >= 15 is 0 Å². The number of esters is 1. The second-order valence-electron chi connectivity index (χ2n) is 5.90. The summed E-state index contributed by atoms with van der Waals surface area (Å²) in [6.07, 6.45) is 0. The predicted molar refractivity (Wildman–Crippen MR) is 105 cm³/mol. The molecule has 0 heterocycles. The van der Waals surface area contributed by atoms with Crippen LogP contribution in [0.15, 0.2) is 51.8 Å². The van der Waals surface area contributed by atoms with Crippen molar-refractivity contribution in [1.29, 1.82) is 0 Å². The van der Waals surface area contributed by atoms with Gasteiger partial charge in [-0.3, -0.25) is 4.79 Å². The van der Waals surface area contributed by atoms with Crippen molar-refractivity contribution in [3.05, 3.63) is 58.1 Å². The largest absolute Gasteiger partial charge is 0.452 e. The number of carbonyl (C=O) groups excluding carboxylic acids is 2. The van der Waals surface area contributed by atoms with Crippen LogP contribution in [0, 0.1) is 6.92 Å². The predicted octanol–water partition coefficient (Wildman–Crippen LogP) is 2.80. The molecule has 0 spiro atoms. The van der Waals surface area contributed by atoms with Gasteiger partial charge in [0.05, 0.1) is 10.5 Å². The highest BCUT2D eigenvalue weighted by Crippen LogP contribution is 2.22. The molecule has 2 aromatic rings. The number of nitrogens with one attached hydrogen (secondary N) is 1. The molecule has 0 bridgehead atoms. The van der Waals surface area contributed by atoms with Crippen LogP contribution in [0.25, 0.3) is 0 Å². The Balaban J connectivity index is 2.05. The number of hydrogen-bond acceptors (Lipinski definition) is 5. The molecular weight excluding hydrogens is 436 g/mol. The van der Waals surface area contributed by atoms with E-state index in [0.717, 1.165) is 8.78 Å². The summed E-state index contributed by atoms with van der Waals surface area (Å²) in [5, 5.41) is 2.53. The first-order chi connectivity index (χ1) is 12.6. The Kier molecular flexibility index (Phi) is 6.74. The lowest BCUT2D eigenvalue weighted by Gasteiger charge is -2.15. The molecule has 2 aromatic carbocycles. The highest BCUT2D eigenvalue weighted by atomic mass is 79.9. The topological polar surface area (TPSA) is 92.8 Å². The number of amides is 1. The fourth-order valence-electron chi connectivity index (χ4n) is 2.18. The lowest BCUT2D eigenvalue weighted by molar-refractivity contribution is -0.119. The van der Waals surface area contributed by atoms with Crippen LogP contribution in [0.5, 0.6) is 0 Å². The van der Waals surface area contributed by atoms with Gasteiger partial charge in [-0.15, -0.1) is 0 Å². The molecule has 0 aliphatic rings. The third-order valence-electron chi connectivity index (χ3n) is 3.63. The molecule has 0 fully saturated rings. The van der Waals surface area contributed by atoms with Crippen LogP contribution in [0.3, 0.4) is 0 Å². The lowest BCUT2D eigenvalue weighted by atomic mass is 10.2. The van der Waals surface area contributed by atoms with E-state index in [0.29, 0.717) is 16.8 Å². The van der Waals surface area contributed by atoms with Crippen molar-refractivity contribution in [2.45, 2.75) is 11.8 Å². The number of aryl methyl sites for hydroxylation is 1. The fourth-order valence-corrected chi connectivity index (χ4v) is 3.72. The van der Waals surface area contributed by atoms with E-state index in [1.165, 1.54) is 20.2 Å². The Morgan fingerprint density at radius 1 is 1.15 bits per heavy atom. The van der Waals surface area contributed by atoms with Crippen molar-refractivity contribution in [2.75, 3.05) is 26.0 Å². The molecular formula is C18H19BrN2O5S. The third kappa shape index (κ3) is 5.38. The summed E-state index contributed by atoms with van der Waals surface area (Å²) >= 11 is 3.25. The van der Waals surface area contributed by atoms with Crippen molar-refractivity contribution >= 4 is 43.5 Å². The number of halogens is 1. The zero-order valence-corrected chi connectivity index (χ0v) is 17.4. The van der Waals surface area contributed by atoms with Crippen LogP contribution >= 0.6 is 15.9 Å². The van der Waals surface area contributed by atoms with Crippen molar-refractivity contribution in [2.24, 2.45) is 0 Å². The number of hydrogen-bond donors (Lipinski definition) is 1. The summed E-state index contributed by atoms with van der Waals surface area (Å²) < 4.78 is 31.5. The maximum absolute atomic E-state index is 12.3. The molecule has 0 saturated heterocycles. The zero-order chi connectivity index (χ0) is 20.2. The molecule has 2 rings (SSSR count). The SMILES string of the molecule is Cc1ccc(NC(=O)COC(=O)c2cccc(Br)c2)cc1S(=O)(=O)N(C)C. The molecule has 0 radical (unpaired) electrons. The van der Waals surface area contributed by atoms with Gasteiger partial charge in [0.25, 0.3) is 5.91 Å². The first kappa shape index (κ1) is 21.1. The van der Waals surface area contributed by atoms with Gasteiger partial charge in [-0.25, -0.2) is 17.5 Å². The smallest absolute Gasteiger partial charge is 0.338 e. The maximum atomic E-state index is 12.3. The Bertz CT molecular complexity index is 973. The quantitative estimate of drug-likeness (QED) is 0.677. The number of anilines is 1. The van der Waals surface area contributed by atoms with E-state index in [-0.39, 0.29) is 4.90 Å². The Morgan fingerprint density at radius 3 is 2.48 bits per heavy atom. The van der Waals surface area contributed by atoms with E-state index in [4.69, 9.17) is 4.74 Å². The van der Waals surface area contributed by atoms with Gasteiger partial charge in [0.2, 0.25) is 10.0 Å². The summed E-state index contributed by atoms with van der Waals surface area (Å²) in [5.74, 6) is -1.21. The Labute approximate surface area is 166 Å². The first-order valence-electron chi connectivity index (χ1n) is 7.87. The van der Waals surface area contributed by atoms with Crippen molar-refractivity contribution < 1.29 is 22.7 Å². The molecule has 0 atom stereocenters. The first-order valence-corrected chi connectivity index (χ1v) is 10.1. The van der Waals surface area contributed by atoms with E-state index in [9.17, 15) is 18.0 Å². The van der Waals surface area contributed by atoms with Gasteiger partial charge in [0.1, 0.15) is 0 Å². The van der Waals surface area contributed by atoms with Gasteiger partial charge < -0.3 is 10.1 Å². The summed E-state index contributed by atoms with van der Waals surface area (Å²) in [6.45, 7) is 1.18. The minimum atomic E-state index is -3.64. The van der Waals surface area contributed by atoms with E-state index in [2.05, 4.69) is 21.2 Å². The number of benzene rings is 2. The number of ether oxygens (including phenoxy) is 1.